The van der Waals surface area contributed by atoms with Crippen molar-refractivity contribution >= 4 is 35.9 Å². The van der Waals surface area contributed by atoms with Gasteiger partial charge in [-0.2, -0.15) is 0 Å². The molecule has 0 saturated heterocycles. The molecule has 2 N–H and O–H groups in total. The standard InChI is InChI=1S/C23H21BN2O7/c1-3-13-14-7-12(24(30)31)5-6-18(14)25-20-15(13)9-26-19(20)8-17-16(21(26)28)10-32-22(29)23(17,4-2)33-11-27/h5-8,11,30-31H,3-4,9-10H2,1-2H3/t23-/m0/s1. The Morgan fingerprint density at radius 2 is 2.03 bits per heavy atom. The van der Waals surface area contributed by atoms with Crippen LogP contribution >= 0.6 is 0 Å². The molecule has 0 saturated carbocycles. The molecule has 0 amide bonds. The van der Waals surface area contributed by atoms with Crippen LogP contribution in [0.2, 0.25) is 0 Å². The average molecular weight is 448 g/mol. The first kappa shape index (κ1) is 21.4. The van der Waals surface area contributed by atoms with Crippen molar-refractivity contribution in [1.82, 2.24) is 9.55 Å². The molecular weight excluding hydrogens is 427 g/mol. The Bertz CT molecular complexity index is 1400. The van der Waals surface area contributed by atoms with E-state index < -0.39 is 18.7 Å². The molecule has 0 aliphatic carbocycles. The van der Waals surface area contributed by atoms with Crippen LogP contribution < -0.4 is 11.0 Å². The number of ether oxygens (including phenoxy) is 2. The summed E-state index contributed by atoms with van der Waals surface area (Å²) in [6, 6.07) is 6.72. The molecule has 0 bridgehead atoms. The second-order valence-corrected chi connectivity index (χ2v) is 8.21. The number of nitrogens with zero attached hydrogens (tertiary/aromatic N) is 2. The van der Waals surface area contributed by atoms with E-state index in [9.17, 15) is 24.4 Å². The number of carbonyl (C=O) groups excluding carboxylic acids is 2. The lowest BCUT2D eigenvalue weighted by molar-refractivity contribution is -0.182. The van der Waals surface area contributed by atoms with Crippen LogP contribution in [0.5, 0.6) is 0 Å². The summed E-state index contributed by atoms with van der Waals surface area (Å²) in [7, 11) is -1.60. The number of hydrogen-bond donors (Lipinski definition) is 2. The number of pyridine rings is 2. The van der Waals surface area contributed by atoms with E-state index in [1.807, 2.05) is 6.92 Å². The Hall–Kier alpha value is -3.50. The van der Waals surface area contributed by atoms with Crippen LogP contribution in [0.1, 0.15) is 42.5 Å². The highest BCUT2D eigenvalue weighted by atomic mass is 16.6. The molecule has 2 aromatic heterocycles. The zero-order chi connectivity index (χ0) is 23.5. The topological polar surface area (TPSA) is 128 Å². The highest BCUT2D eigenvalue weighted by Gasteiger charge is 2.49. The number of fused-ring (bicyclic) bond motifs is 5. The van der Waals surface area contributed by atoms with Gasteiger partial charge in [0.1, 0.15) is 6.61 Å². The van der Waals surface area contributed by atoms with Gasteiger partial charge in [0, 0.05) is 16.5 Å². The maximum absolute atomic E-state index is 13.5. The predicted molar refractivity (Wildman–Crippen MR) is 119 cm³/mol. The third-order valence-electron chi connectivity index (χ3n) is 6.70. The number of esters is 1. The summed E-state index contributed by atoms with van der Waals surface area (Å²) in [5, 5.41) is 20.0. The molecule has 0 fully saturated rings. The lowest BCUT2D eigenvalue weighted by Gasteiger charge is -2.34. The van der Waals surface area contributed by atoms with Gasteiger partial charge in [0.25, 0.3) is 12.0 Å². The fraction of sp³-hybridized carbons (Fsp3) is 0.304. The first-order chi connectivity index (χ1) is 15.9. The summed E-state index contributed by atoms with van der Waals surface area (Å²) >= 11 is 0. The summed E-state index contributed by atoms with van der Waals surface area (Å²) in [5.41, 5.74) is 2.60. The molecule has 1 aromatic carbocycles. The van der Waals surface area contributed by atoms with Crippen LogP contribution in [-0.4, -0.2) is 39.2 Å². The minimum absolute atomic E-state index is 0.116. The van der Waals surface area contributed by atoms with Crippen LogP contribution in [0.15, 0.2) is 29.1 Å². The van der Waals surface area contributed by atoms with E-state index >= 15 is 0 Å². The maximum Gasteiger partial charge on any atom is 0.488 e. The Balaban J connectivity index is 1.80. The van der Waals surface area contributed by atoms with E-state index in [2.05, 4.69) is 0 Å². The van der Waals surface area contributed by atoms with Gasteiger partial charge in [0.2, 0.25) is 5.60 Å². The molecule has 3 aromatic rings. The van der Waals surface area contributed by atoms with E-state index in [4.69, 9.17) is 14.5 Å². The van der Waals surface area contributed by atoms with Crippen LogP contribution in [0.3, 0.4) is 0 Å². The predicted octanol–water partition coefficient (Wildman–Crippen LogP) is 0.502. The third-order valence-corrected chi connectivity index (χ3v) is 6.70. The summed E-state index contributed by atoms with van der Waals surface area (Å²) in [6.45, 7) is 3.97. The van der Waals surface area contributed by atoms with Gasteiger partial charge in [-0.1, -0.05) is 26.0 Å². The van der Waals surface area contributed by atoms with Crippen molar-refractivity contribution < 1.29 is 29.1 Å². The summed E-state index contributed by atoms with van der Waals surface area (Å²) < 4.78 is 12.1. The normalized spacial score (nSPS) is 18.4. The molecule has 5 rings (SSSR count). The zero-order valence-corrected chi connectivity index (χ0v) is 18.1. The van der Waals surface area contributed by atoms with Gasteiger partial charge in [0.05, 0.1) is 29.0 Å². The van der Waals surface area contributed by atoms with Crippen LogP contribution in [0.4, 0.5) is 0 Å². The quantitative estimate of drug-likeness (QED) is 0.257. The number of hydrogen-bond acceptors (Lipinski definition) is 8. The lowest BCUT2D eigenvalue weighted by atomic mass is 9.79. The monoisotopic (exact) mass is 448 g/mol. The van der Waals surface area contributed by atoms with Gasteiger partial charge < -0.3 is 24.1 Å². The van der Waals surface area contributed by atoms with Gasteiger partial charge in [-0.15, -0.1) is 0 Å². The fourth-order valence-corrected chi connectivity index (χ4v) is 5.01. The van der Waals surface area contributed by atoms with E-state index in [0.717, 1.165) is 16.5 Å². The Kier molecular flexibility index (Phi) is 4.87. The van der Waals surface area contributed by atoms with Gasteiger partial charge in [-0.25, -0.2) is 9.78 Å². The van der Waals surface area contributed by atoms with Gasteiger partial charge in [-0.3, -0.25) is 9.59 Å². The van der Waals surface area contributed by atoms with E-state index in [1.165, 1.54) is 0 Å². The van der Waals surface area contributed by atoms with Crippen molar-refractivity contribution in [3.05, 3.63) is 56.9 Å². The molecule has 0 unspecified atom stereocenters. The third kappa shape index (κ3) is 2.87. The number of aromatic nitrogens is 2. The second kappa shape index (κ2) is 7.53. The molecule has 4 heterocycles. The summed E-state index contributed by atoms with van der Waals surface area (Å²) in [5.74, 6) is -0.706. The molecule has 0 spiro atoms. The maximum atomic E-state index is 13.5. The summed E-state index contributed by atoms with van der Waals surface area (Å²) in [6.07, 6.45) is 0.758. The van der Waals surface area contributed by atoms with Gasteiger partial charge >= 0.3 is 13.1 Å². The Labute approximate surface area is 188 Å². The van der Waals surface area contributed by atoms with Crippen molar-refractivity contribution in [1.29, 1.82) is 0 Å². The van der Waals surface area contributed by atoms with Crippen molar-refractivity contribution in [3.63, 3.8) is 0 Å². The molecular formula is C23H21BN2O7. The lowest BCUT2D eigenvalue weighted by Crippen LogP contribution is -2.46. The number of rotatable bonds is 5. The van der Waals surface area contributed by atoms with Crippen LogP contribution in [0.25, 0.3) is 22.3 Å². The molecule has 0 radical (unpaired) electrons. The van der Waals surface area contributed by atoms with E-state index in [1.54, 1.807) is 35.8 Å². The fourth-order valence-electron chi connectivity index (χ4n) is 5.01. The van der Waals surface area contributed by atoms with Crippen LogP contribution in [-0.2, 0) is 44.2 Å². The van der Waals surface area contributed by atoms with E-state index in [0.29, 0.717) is 34.4 Å². The van der Waals surface area contributed by atoms with Gasteiger partial charge in [0.15, 0.2) is 0 Å². The molecule has 33 heavy (non-hydrogen) atoms. The molecule has 2 aliphatic rings. The largest absolute Gasteiger partial charge is 0.488 e. The van der Waals surface area contributed by atoms with Crippen molar-refractivity contribution in [2.75, 3.05) is 0 Å². The molecule has 168 valence electrons. The molecule has 1 atom stereocenters. The Morgan fingerprint density at radius 3 is 2.70 bits per heavy atom. The number of carbonyl (C=O) groups is 2. The number of cyclic esters (lactones) is 1. The minimum atomic E-state index is -1.68. The Morgan fingerprint density at radius 1 is 1.24 bits per heavy atom. The number of benzene rings is 1. The second-order valence-electron chi connectivity index (χ2n) is 8.21. The minimum Gasteiger partial charge on any atom is -0.457 e. The molecule has 10 heteroatoms. The number of aryl methyl sites for hydroxylation is 1. The first-order valence-electron chi connectivity index (χ1n) is 10.7. The smallest absolute Gasteiger partial charge is 0.457 e. The molecule has 9 nitrogen and oxygen atoms in total. The zero-order valence-electron chi connectivity index (χ0n) is 18.1. The summed E-state index contributed by atoms with van der Waals surface area (Å²) in [4.78, 5) is 42.1. The van der Waals surface area contributed by atoms with Crippen molar-refractivity contribution in [2.24, 2.45) is 0 Å². The first-order valence-corrected chi connectivity index (χ1v) is 10.7. The van der Waals surface area contributed by atoms with Crippen LogP contribution in [0, 0.1) is 0 Å². The highest BCUT2D eigenvalue weighted by molar-refractivity contribution is 6.58. The van der Waals surface area contributed by atoms with Crippen molar-refractivity contribution in [2.45, 2.75) is 45.4 Å². The SMILES string of the molecule is CCc1c2c(nc3ccc(B(O)O)cc13)-c1cc3c(c(=O)n1C2)COC(=O)[C@@]3(CC)OC=O. The average Bonchev–Trinajstić information content (AvgIpc) is 3.17. The molecule has 2 aliphatic heterocycles. The van der Waals surface area contributed by atoms with Crippen molar-refractivity contribution in [3.8, 4) is 11.4 Å². The highest BCUT2D eigenvalue weighted by Crippen LogP contribution is 2.41. The van der Waals surface area contributed by atoms with E-state index in [-0.39, 0.29) is 37.2 Å². The van der Waals surface area contributed by atoms with Gasteiger partial charge in [-0.05, 0) is 36.0 Å².